The minimum absolute atomic E-state index is 0.131. The monoisotopic (exact) mass is 537 g/mol. The molecule has 0 fully saturated rings. The Morgan fingerprint density at radius 3 is 1.05 bits per heavy atom. The third-order valence-electron chi connectivity index (χ3n) is 8.81. The van der Waals surface area contributed by atoms with Gasteiger partial charge in [-0.15, -0.1) is 0 Å². The Morgan fingerprint density at radius 1 is 0.447 bits per heavy atom. The number of unbranched alkanes of at least 4 members (excludes halogenated alkanes) is 23. The van der Waals surface area contributed by atoms with Crippen molar-refractivity contribution < 1.29 is 9.90 Å². The van der Waals surface area contributed by atoms with Gasteiger partial charge >= 0.3 is 5.97 Å². The van der Waals surface area contributed by atoms with Gasteiger partial charge in [0.2, 0.25) is 0 Å². The van der Waals surface area contributed by atoms with E-state index in [1.165, 1.54) is 161 Å². The number of carboxylic acids is 1. The van der Waals surface area contributed by atoms with Crippen molar-refractivity contribution in [3.63, 3.8) is 0 Å². The average Bonchev–Trinajstić information content (AvgIpc) is 2.88. The maximum Gasteiger partial charge on any atom is 0.306 e. The highest BCUT2D eigenvalue weighted by molar-refractivity contribution is 5.70. The SMILES string of the molecule is CCCCCCCCCCCCC(C)C(CCCCCCCCCCCCCCCCCC(C)C)C(=O)O. The van der Waals surface area contributed by atoms with Crippen LogP contribution in [-0.2, 0) is 4.79 Å². The fourth-order valence-electron chi connectivity index (χ4n) is 6.02. The quantitative estimate of drug-likeness (QED) is 0.0894. The number of rotatable bonds is 31. The van der Waals surface area contributed by atoms with Crippen LogP contribution in [0.1, 0.15) is 207 Å². The van der Waals surface area contributed by atoms with Crippen molar-refractivity contribution in [2.75, 3.05) is 0 Å². The van der Waals surface area contributed by atoms with Gasteiger partial charge in [-0.2, -0.15) is 0 Å². The van der Waals surface area contributed by atoms with Crippen LogP contribution in [0, 0.1) is 17.8 Å². The van der Waals surface area contributed by atoms with Gasteiger partial charge in [0.1, 0.15) is 0 Å². The first-order valence-corrected chi connectivity index (χ1v) is 17.7. The van der Waals surface area contributed by atoms with Gasteiger partial charge in [0.15, 0.2) is 0 Å². The van der Waals surface area contributed by atoms with Gasteiger partial charge in [-0.25, -0.2) is 0 Å². The molecule has 228 valence electrons. The van der Waals surface area contributed by atoms with E-state index in [4.69, 9.17) is 0 Å². The molecule has 0 heterocycles. The predicted molar refractivity (Wildman–Crippen MR) is 170 cm³/mol. The van der Waals surface area contributed by atoms with E-state index in [-0.39, 0.29) is 5.92 Å². The standard InChI is InChI=1S/C36H72O2/c1-5-6-7-8-9-10-19-22-25-28-31-34(4)35(36(37)38)32-29-26-23-20-17-15-13-11-12-14-16-18-21-24-27-30-33(2)3/h33-35H,5-32H2,1-4H3,(H,37,38). The van der Waals surface area contributed by atoms with E-state index >= 15 is 0 Å². The van der Waals surface area contributed by atoms with Gasteiger partial charge in [0, 0.05) is 0 Å². The summed E-state index contributed by atoms with van der Waals surface area (Å²) in [5.74, 6) is 0.507. The van der Waals surface area contributed by atoms with Crippen molar-refractivity contribution in [1.82, 2.24) is 0 Å². The van der Waals surface area contributed by atoms with E-state index in [1.807, 2.05) is 0 Å². The normalized spacial score (nSPS) is 13.3. The molecule has 0 saturated heterocycles. The number of aliphatic carboxylic acids is 1. The Morgan fingerprint density at radius 2 is 0.737 bits per heavy atom. The molecule has 0 aromatic carbocycles. The minimum Gasteiger partial charge on any atom is -0.481 e. The second-order valence-corrected chi connectivity index (χ2v) is 13.2. The first-order chi connectivity index (χ1) is 18.5. The summed E-state index contributed by atoms with van der Waals surface area (Å²) in [6, 6.07) is 0. The molecule has 2 unspecified atom stereocenters. The minimum atomic E-state index is -0.560. The molecule has 0 aromatic rings. The fourth-order valence-corrected chi connectivity index (χ4v) is 6.02. The first kappa shape index (κ1) is 37.5. The summed E-state index contributed by atoms with van der Waals surface area (Å²) in [5.41, 5.74) is 0. The summed E-state index contributed by atoms with van der Waals surface area (Å²) in [4.78, 5) is 11.8. The molecule has 38 heavy (non-hydrogen) atoms. The van der Waals surface area contributed by atoms with Gasteiger partial charge in [-0.1, -0.05) is 195 Å². The van der Waals surface area contributed by atoms with Gasteiger partial charge in [0.25, 0.3) is 0 Å². The summed E-state index contributed by atoms with van der Waals surface area (Å²) in [7, 11) is 0. The highest BCUT2D eigenvalue weighted by Crippen LogP contribution is 2.25. The summed E-state index contributed by atoms with van der Waals surface area (Å²) in [6.45, 7) is 9.12. The van der Waals surface area contributed by atoms with E-state index in [1.54, 1.807) is 0 Å². The molecular formula is C36H72O2. The molecule has 2 atom stereocenters. The smallest absolute Gasteiger partial charge is 0.306 e. The fraction of sp³-hybridized carbons (Fsp3) is 0.972. The first-order valence-electron chi connectivity index (χ1n) is 17.7. The summed E-state index contributed by atoms with van der Waals surface area (Å²) < 4.78 is 0. The van der Waals surface area contributed by atoms with E-state index < -0.39 is 5.97 Å². The molecule has 2 heteroatoms. The Kier molecular flexibility index (Phi) is 29.0. The van der Waals surface area contributed by atoms with Gasteiger partial charge < -0.3 is 5.11 Å². The summed E-state index contributed by atoms with van der Waals surface area (Å²) in [6.07, 6.45) is 37.5. The third kappa shape index (κ3) is 27.1. The maximum atomic E-state index is 11.8. The van der Waals surface area contributed by atoms with Crippen LogP contribution < -0.4 is 0 Å². The number of carbonyl (C=O) groups is 1. The molecule has 1 N–H and O–H groups in total. The Bertz CT molecular complexity index is 472. The van der Waals surface area contributed by atoms with Crippen LogP contribution >= 0.6 is 0 Å². The van der Waals surface area contributed by atoms with Crippen molar-refractivity contribution >= 4 is 5.97 Å². The van der Waals surface area contributed by atoms with Crippen molar-refractivity contribution in [2.45, 2.75) is 207 Å². The second-order valence-electron chi connectivity index (χ2n) is 13.2. The zero-order valence-corrected chi connectivity index (χ0v) is 26.9. The lowest BCUT2D eigenvalue weighted by atomic mass is 9.85. The summed E-state index contributed by atoms with van der Waals surface area (Å²) in [5, 5.41) is 9.75. The third-order valence-corrected chi connectivity index (χ3v) is 8.81. The molecule has 0 spiro atoms. The topological polar surface area (TPSA) is 37.3 Å². The Balaban J connectivity index is 3.51. The molecule has 0 aromatic heterocycles. The molecule has 0 bridgehead atoms. The van der Waals surface area contributed by atoms with Crippen LogP contribution in [0.3, 0.4) is 0 Å². The molecule has 0 amide bonds. The predicted octanol–water partition coefficient (Wildman–Crippen LogP) is 12.9. The molecular weight excluding hydrogens is 464 g/mol. The average molecular weight is 537 g/mol. The van der Waals surface area contributed by atoms with E-state index in [0.717, 1.165) is 25.2 Å². The molecule has 0 aliphatic carbocycles. The van der Waals surface area contributed by atoms with Crippen LogP contribution in [-0.4, -0.2) is 11.1 Å². The van der Waals surface area contributed by atoms with Crippen LogP contribution in [0.2, 0.25) is 0 Å². The maximum absolute atomic E-state index is 11.8. The van der Waals surface area contributed by atoms with Crippen LogP contribution in [0.5, 0.6) is 0 Å². The number of hydrogen-bond donors (Lipinski definition) is 1. The zero-order chi connectivity index (χ0) is 28.1. The lowest BCUT2D eigenvalue weighted by molar-refractivity contribution is -0.143. The van der Waals surface area contributed by atoms with E-state index in [9.17, 15) is 9.90 Å². The van der Waals surface area contributed by atoms with Gasteiger partial charge in [-0.3, -0.25) is 4.79 Å². The lowest BCUT2D eigenvalue weighted by Crippen LogP contribution is -2.21. The van der Waals surface area contributed by atoms with Gasteiger partial charge in [-0.05, 0) is 24.7 Å². The molecule has 0 aliphatic heterocycles. The second kappa shape index (κ2) is 29.5. The lowest BCUT2D eigenvalue weighted by Gasteiger charge is -2.20. The zero-order valence-electron chi connectivity index (χ0n) is 26.9. The highest BCUT2D eigenvalue weighted by atomic mass is 16.4. The van der Waals surface area contributed by atoms with Crippen molar-refractivity contribution in [1.29, 1.82) is 0 Å². The van der Waals surface area contributed by atoms with Gasteiger partial charge in [0.05, 0.1) is 5.92 Å². The number of carboxylic acid groups (broad SMARTS) is 1. The van der Waals surface area contributed by atoms with E-state index in [0.29, 0.717) is 5.92 Å². The molecule has 0 rings (SSSR count). The summed E-state index contributed by atoms with van der Waals surface area (Å²) >= 11 is 0. The van der Waals surface area contributed by atoms with Crippen molar-refractivity contribution in [3.05, 3.63) is 0 Å². The number of hydrogen-bond acceptors (Lipinski definition) is 1. The largest absolute Gasteiger partial charge is 0.481 e. The Labute approximate surface area is 240 Å². The van der Waals surface area contributed by atoms with E-state index in [2.05, 4.69) is 27.7 Å². The molecule has 0 saturated carbocycles. The molecule has 2 nitrogen and oxygen atoms in total. The van der Waals surface area contributed by atoms with Crippen molar-refractivity contribution in [3.8, 4) is 0 Å². The highest BCUT2D eigenvalue weighted by Gasteiger charge is 2.23. The molecule has 0 aliphatic rings. The van der Waals surface area contributed by atoms with Crippen LogP contribution in [0.4, 0.5) is 0 Å². The van der Waals surface area contributed by atoms with Crippen LogP contribution in [0.25, 0.3) is 0 Å². The molecule has 0 radical (unpaired) electrons. The van der Waals surface area contributed by atoms with Crippen molar-refractivity contribution in [2.24, 2.45) is 17.8 Å². The Hall–Kier alpha value is -0.530. The van der Waals surface area contributed by atoms with Crippen LogP contribution in [0.15, 0.2) is 0 Å².